The monoisotopic (exact) mass is 211 g/mol. The summed E-state index contributed by atoms with van der Waals surface area (Å²) in [5.41, 5.74) is 0. The lowest BCUT2D eigenvalue weighted by molar-refractivity contribution is 0.0668. The molecule has 0 amide bonds. The van der Waals surface area contributed by atoms with Crippen molar-refractivity contribution < 1.29 is 0 Å². The first-order chi connectivity index (χ1) is 7.29. The molecule has 2 aliphatic heterocycles. The van der Waals surface area contributed by atoms with Crippen LogP contribution in [0.1, 0.15) is 19.8 Å². The molecule has 0 atom stereocenters. The van der Waals surface area contributed by atoms with Crippen molar-refractivity contribution in [1.29, 1.82) is 0 Å². The fourth-order valence-corrected chi connectivity index (χ4v) is 2.80. The third-order valence-corrected chi connectivity index (χ3v) is 4.06. The van der Waals surface area contributed by atoms with Crippen LogP contribution in [0.5, 0.6) is 0 Å². The van der Waals surface area contributed by atoms with Crippen LogP contribution in [0.15, 0.2) is 0 Å². The van der Waals surface area contributed by atoms with E-state index in [0.29, 0.717) is 0 Å². The molecule has 0 aromatic heterocycles. The van der Waals surface area contributed by atoms with E-state index in [0.717, 1.165) is 6.04 Å². The Balaban J connectivity index is 1.75. The van der Waals surface area contributed by atoms with Gasteiger partial charge in [-0.05, 0) is 39.5 Å². The molecule has 0 spiro atoms. The van der Waals surface area contributed by atoms with E-state index < -0.39 is 0 Å². The molecule has 0 radical (unpaired) electrons. The van der Waals surface area contributed by atoms with Gasteiger partial charge in [-0.25, -0.2) is 0 Å². The van der Waals surface area contributed by atoms with Crippen molar-refractivity contribution in [3.05, 3.63) is 0 Å². The summed E-state index contributed by atoms with van der Waals surface area (Å²) in [5.74, 6) is 0. The van der Waals surface area contributed by atoms with Crippen LogP contribution in [-0.2, 0) is 0 Å². The van der Waals surface area contributed by atoms with Crippen molar-refractivity contribution in [2.45, 2.75) is 25.8 Å². The van der Waals surface area contributed by atoms with Gasteiger partial charge in [0, 0.05) is 32.2 Å². The van der Waals surface area contributed by atoms with Crippen molar-refractivity contribution in [2.75, 3.05) is 52.9 Å². The van der Waals surface area contributed by atoms with Crippen LogP contribution in [0.3, 0.4) is 0 Å². The number of likely N-dealkylation sites (N-methyl/N-ethyl adjacent to an activating group) is 1. The topological polar surface area (TPSA) is 9.72 Å². The second-order valence-electron chi connectivity index (χ2n) is 5.00. The summed E-state index contributed by atoms with van der Waals surface area (Å²) in [4.78, 5) is 7.74. The Hall–Kier alpha value is -0.120. The Kier molecular flexibility index (Phi) is 4.00. The van der Waals surface area contributed by atoms with Crippen LogP contribution in [0, 0.1) is 0 Å². The summed E-state index contributed by atoms with van der Waals surface area (Å²) in [7, 11) is 2.24. The maximum atomic E-state index is 2.72. The van der Waals surface area contributed by atoms with E-state index in [-0.39, 0.29) is 0 Å². The van der Waals surface area contributed by atoms with E-state index in [1.807, 2.05) is 0 Å². The standard InChI is InChI=1S/C12H25N3/c1-3-14-8-10-15(11-9-14)12-4-6-13(2)7-5-12/h12H,3-11H2,1-2H3. The normalized spacial score (nSPS) is 28.4. The molecule has 0 aromatic carbocycles. The molecule has 0 unspecified atom stereocenters. The van der Waals surface area contributed by atoms with Gasteiger partial charge in [-0.1, -0.05) is 6.92 Å². The van der Waals surface area contributed by atoms with E-state index in [4.69, 9.17) is 0 Å². The fourth-order valence-electron chi connectivity index (χ4n) is 2.80. The zero-order chi connectivity index (χ0) is 10.7. The lowest BCUT2D eigenvalue weighted by atomic mass is 10.0. The maximum absolute atomic E-state index is 2.72. The molecule has 0 saturated carbocycles. The number of hydrogen-bond donors (Lipinski definition) is 0. The predicted octanol–water partition coefficient (Wildman–Crippen LogP) is 0.718. The molecule has 3 nitrogen and oxygen atoms in total. The highest BCUT2D eigenvalue weighted by molar-refractivity contribution is 4.82. The highest BCUT2D eigenvalue weighted by Gasteiger charge is 2.25. The molecule has 2 heterocycles. The van der Waals surface area contributed by atoms with Gasteiger partial charge in [-0.15, -0.1) is 0 Å². The van der Waals surface area contributed by atoms with Gasteiger partial charge >= 0.3 is 0 Å². The van der Waals surface area contributed by atoms with Gasteiger partial charge in [0.25, 0.3) is 0 Å². The van der Waals surface area contributed by atoms with Gasteiger partial charge in [0.1, 0.15) is 0 Å². The van der Waals surface area contributed by atoms with E-state index in [1.165, 1.54) is 58.7 Å². The Bertz CT molecular complexity index is 179. The molecule has 0 bridgehead atoms. The molecule has 0 N–H and O–H groups in total. The van der Waals surface area contributed by atoms with E-state index in [2.05, 4.69) is 28.7 Å². The second-order valence-corrected chi connectivity index (χ2v) is 5.00. The summed E-state index contributed by atoms with van der Waals surface area (Å²) in [6, 6.07) is 0.875. The summed E-state index contributed by atoms with van der Waals surface area (Å²) in [6.45, 7) is 11.2. The maximum Gasteiger partial charge on any atom is 0.0121 e. The molecule has 88 valence electrons. The van der Waals surface area contributed by atoms with Crippen molar-refractivity contribution in [3.8, 4) is 0 Å². The van der Waals surface area contributed by atoms with E-state index in [9.17, 15) is 0 Å². The van der Waals surface area contributed by atoms with Gasteiger partial charge in [-0.2, -0.15) is 0 Å². The van der Waals surface area contributed by atoms with Gasteiger partial charge < -0.3 is 9.80 Å². The van der Waals surface area contributed by atoms with Gasteiger partial charge in [0.15, 0.2) is 0 Å². The van der Waals surface area contributed by atoms with Gasteiger partial charge in [0.05, 0.1) is 0 Å². The smallest absolute Gasteiger partial charge is 0.0121 e. The number of rotatable bonds is 2. The first-order valence-corrected chi connectivity index (χ1v) is 6.44. The number of piperazine rings is 1. The number of piperidine rings is 1. The van der Waals surface area contributed by atoms with Crippen LogP contribution in [-0.4, -0.2) is 73.6 Å². The summed E-state index contributed by atoms with van der Waals surface area (Å²) >= 11 is 0. The fraction of sp³-hybridized carbons (Fsp3) is 1.00. The number of likely N-dealkylation sites (tertiary alicyclic amines) is 1. The Morgan fingerprint density at radius 2 is 1.53 bits per heavy atom. The minimum absolute atomic E-state index is 0.875. The van der Waals surface area contributed by atoms with Crippen molar-refractivity contribution in [2.24, 2.45) is 0 Å². The van der Waals surface area contributed by atoms with E-state index in [1.54, 1.807) is 0 Å². The Morgan fingerprint density at radius 3 is 2.07 bits per heavy atom. The quantitative estimate of drug-likeness (QED) is 0.666. The lowest BCUT2D eigenvalue weighted by Gasteiger charge is -2.42. The highest BCUT2D eigenvalue weighted by atomic mass is 15.3. The third-order valence-electron chi connectivity index (χ3n) is 4.06. The molecule has 0 aliphatic carbocycles. The molecule has 3 heteroatoms. The Morgan fingerprint density at radius 1 is 0.933 bits per heavy atom. The third kappa shape index (κ3) is 2.92. The second kappa shape index (κ2) is 5.28. The van der Waals surface area contributed by atoms with Crippen molar-refractivity contribution in [3.63, 3.8) is 0 Å². The first kappa shape index (κ1) is 11.4. The van der Waals surface area contributed by atoms with Crippen LogP contribution in [0.25, 0.3) is 0 Å². The SMILES string of the molecule is CCN1CCN(C2CCN(C)CC2)CC1. The average molecular weight is 211 g/mol. The van der Waals surface area contributed by atoms with Crippen LogP contribution >= 0.6 is 0 Å². The van der Waals surface area contributed by atoms with Crippen molar-refractivity contribution >= 4 is 0 Å². The number of hydrogen-bond acceptors (Lipinski definition) is 3. The summed E-state index contributed by atoms with van der Waals surface area (Å²) < 4.78 is 0. The van der Waals surface area contributed by atoms with Crippen molar-refractivity contribution in [1.82, 2.24) is 14.7 Å². The largest absolute Gasteiger partial charge is 0.306 e. The molecular formula is C12H25N3. The zero-order valence-corrected chi connectivity index (χ0v) is 10.3. The molecule has 15 heavy (non-hydrogen) atoms. The molecule has 0 aromatic rings. The minimum atomic E-state index is 0.875. The lowest BCUT2D eigenvalue weighted by Crippen LogP contribution is -2.52. The van der Waals surface area contributed by atoms with Gasteiger partial charge in [-0.3, -0.25) is 4.90 Å². The molecule has 2 saturated heterocycles. The summed E-state index contributed by atoms with van der Waals surface area (Å²) in [5, 5.41) is 0. The highest BCUT2D eigenvalue weighted by Crippen LogP contribution is 2.17. The van der Waals surface area contributed by atoms with E-state index >= 15 is 0 Å². The van der Waals surface area contributed by atoms with Crippen LogP contribution in [0.4, 0.5) is 0 Å². The molecule has 2 fully saturated rings. The van der Waals surface area contributed by atoms with Crippen LogP contribution in [0.2, 0.25) is 0 Å². The first-order valence-electron chi connectivity index (χ1n) is 6.44. The summed E-state index contributed by atoms with van der Waals surface area (Å²) in [6.07, 6.45) is 2.76. The molecule has 2 aliphatic rings. The zero-order valence-electron chi connectivity index (χ0n) is 10.3. The minimum Gasteiger partial charge on any atom is -0.306 e. The van der Waals surface area contributed by atoms with Gasteiger partial charge in [0.2, 0.25) is 0 Å². The predicted molar refractivity (Wildman–Crippen MR) is 64.2 cm³/mol. The Labute approximate surface area is 94.0 Å². The average Bonchev–Trinajstić information content (AvgIpc) is 2.30. The van der Waals surface area contributed by atoms with Crippen LogP contribution < -0.4 is 0 Å². The molecular weight excluding hydrogens is 186 g/mol. The molecule has 2 rings (SSSR count). The number of nitrogens with zero attached hydrogens (tertiary/aromatic N) is 3.